The molecule has 21 heavy (non-hydrogen) atoms. The molecule has 0 bridgehead atoms. The third kappa shape index (κ3) is 4.66. The molecule has 0 saturated heterocycles. The van der Waals surface area contributed by atoms with Gasteiger partial charge in [0, 0.05) is 25.0 Å². The number of nitrogens with zero attached hydrogens (tertiary/aromatic N) is 2. The van der Waals surface area contributed by atoms with E-state index in [4.69, 9.17) is 10.4 Å². The van der Waals surface area contributed by atoms with E-state index >= 15 is 0 Å². The number of carbonyl (C=O) groups is 2. The Labute approximate surface area is 123 Å². The van der Waals surface area contributed by atoms with Crippen LogP contribution in [-0.4, -0.2) is 35.0 Å². The SMILES string of the molecule is CCN(/C=C(/C#N)C(=O)Nc1cccc(C(=O)O)c1)CC. The van der Waals surface area contributed by atoms with E-state index in [1.807, 2.05) is 24.8 Å². The molecule has 0 saturated carbocycles. The average Bonchev–Trinajstić information content (AvgIpc) is 2.48. The highest BCUT2D eigenvalue weighted by molar-refractivity contribution is 6.06. The monoisotopic (exact) mass is 287 g/mol. The van der Waals surface area contributed by atoms with Gasteiger partial charge in [0.15, 0.2) is 0 Å². The molecule has 0 aliphatic rings. The lowest BCUT2D eigenvalue weighted by Gasteiger charge is -2.15. The van der Waals surface area contributed by atoms with Crippen LogP contribution in [0.15, 0.2) is 36.0 Å². The van der Waals surface area contributed by atoms with Gasteiger partial charge in [0.25, 0.3) is 5.91 Å². The standard InChI is InChI=1S/C15H17N3O3/c1-3-18(4-2)10-12(9-16)14(19)17-13-7-5-6-11(8-13)15(20)21/h5-8,10H,3-4H2,1-2H3,(H,17,19)(H,20,21)/b12-10-. The lowest BCUT2D eigenvalue weighted by molar-refractivity contribution is -0.112. The number of carboxylic acid groups (broad SMARTS) is 1. The molecular weight excluding hydrogens is 270 g/mol. The summed E-state index contributed by atoms with van der Waals surface area (Å²) in [6.07, 6.45) is 1.50. The molecule has 1 rings (SSSR count). The highest BCUT2D eigenvalue weighted by Crippen LogP contribution is 2.12. The van der Waals surface area contributed by atoms with Gasteiger partial charge in [-0.25, -0.2) is 4.79 Å². The van der Waals surface area contributed by atoms with Gasteiger partial charge in [0.05, 0.1) is 5.56 Å². The summed E-state index contributed by atoms with van der Waals surface area (Å²) < 4.78 is 0. The van der Waals surface area contributed by atoms with Gasteiger partial charge in [-0.05, 0) is 32.0 Å². The van der Waals surface area contributed by atoms with Crippen molar-refractivity contribution in [2.45, 2.75) is 13.8 Å². The highest BCUT2D eigenvalue weighted by Gasteiger charge is 2.12. The van der Waals surface area contributed by atoms with E-state index in [-0.39, 0.29) is 11.1 Å². The second-order valence-corrected chi connectivity index (χ2v) is 4.22. The molecule has 0 unspecified atom stereocenters. The van der Waals surface area contributed by atoms with Crippen molar-refractivity contribution >= 4 is 17.6 Å². The van der Waals surface area contributed by atoms with E-state index in [0.717, 1.165) is 0 Å². The zero-order valence-corrected chi connectivity index (χ0v) is 12.0. The summed E-state index contributed by atoms with van der Waals surface area (Å²) in [5, 5.41) is 20.5. The van der Waals surface area contributed by atoms with Crippen molar-refractivity contribution in [3.63, 3.8) is 0 Å². The lowest BCUT2D eigenvalue weighted by Crippen LogP contribution is -2.20. The average molecular weight is 287 g/mol. The summed E-state index contributed by atoms with van der Waals surface area (Å²) in [7, 11) is 0. The predicted octanol–water partition coefficient (Wildman–Crippen LogP) is 2.07. The molecule has 0 atom stereocenters. The molecular formula is C15H17N3O3. The Bertz CT molecular complexity index is 598. The molecule has 6 heteroatoms. The minimum Gasteiger partial charge on any atom is -0.478 e. The highest BCUT2D eigenvalue weighted by atomic mass is 16.4. The summed E-state index contributed by atoms with van der Waals surface area (Å²) in [6.45, 7) is 5.21. The quantitative estimate of drug-likeness (QED) is 0.617. The van der Waals surface area contributed by atoms with Crippen molar-refractivity contribution in [3.05, 3.63) is 41.6 Å². The van der Waals surface area contributed by atoms with Gasteiger partial charge >= 0.3 is 5.97 Å². The third-order valence-electron chi connectivity index (χ3n) is 2.86. The fourth-order valence-corrected chi connectivity index (χ4v) is 1.66. The number of nitriles is 1. The van der Waals surface area contributed by atoms with Crippen molar-refractivity contribution in [2.75, 3.05) is 18.4 Å². The van der Waals surface area contributed by atoms with E-state index in [1.165, 1.54) is 24.4 Å². The van der Waals surface area contributed by atoms with Crippen LogP contribution < -0.4 is 5.32 Å². The van der Waals surface area contributed by atoms with Gasteiger partial charge in [-0.2, -0.15) is 5.26 Å². The molecule has 0 aliphatic carbocycles. The first-order valence-corrected chi connectivity index (χ1v) is 6.52. The van der Waals surface area contributed by atoms with Crippen LogP contribution in [0.5, 0.6) is 0 Å². The summed E-state index contributed by atoms with van der Waals surface area (Å²) >= 11 is 0. The van der Waals surface area contributed by atoms with Crippen molar-refractivity contribution in [1.82, 2.24) is 4.90 Å². The molecule has 0 aromatic heterocycles. The smallest absolute Gasteiger partial charge is 0.335 e. The number of carboxylic acids is 1. The van der Waals surface area contributed by atoms with Gasteiger partial charge in [-0.1, -0.05) is 6.07 Å². The summed E-state index contributed by atoms with van der Waals surface area (Å²) in [5.74, 6) is -1.64. The molecule has 6 nitrogen and oxygen atoms in total. The van der Waals surface area contributed by atoms with Gasteiger partial charge in [-0.15, -0.1) is 0 Å². The second kappa shape index (κ2) is 7.70. The zero-order chi connectivity index (χ0) is 15.8. The second-order valence-electron chi connectivity index (χ2n) is 4.22. The van der Waals surface area contributed by atoms with Crippen LogP contribution in [0.2, 0.25) is 0 Å². The number of hydrogen-bond acceptors (Lipinski definition) is 4. The van der Waals surface area contributed by atoms with E-state index in [1.54, 1.807) is 6.07 Å². The fraction of sp³-hybridized carbons (Fsp3) is 0.267. The van der Waals surface area contributed by atoms with Crippen molar-refractivity contribution in [2.24, 2.45) is 0 Å². The lowest BCUT2D eigenvalue weighted by atomic mass is 10.2. The summed E-state index contributed by atoms with van der Waals surface area (Å²) in [5.41, 5.74) is 0.374. The van der Waals surface area contributed by atoms with Gasteiger partial charge < -0.3 is 15.3 Å². The maximum absolute atomic E-state index is 12.0. The molecule has 0 fully saturated rings. The van der Waals surface area contributed by atoms with E-state index in [9.17, 15) is 9.59 Å². The van der Waals surface area contributed by atoms with Crippen LogP contribution in [0.3, 0.4) is 0 Å². The minimum atomic E-state index is -1.08. The van der Waals surface area contributed by atoms with Crippen molar-refractivity contribution in [3.8, 4) is 6.07 Å². The van der Waals surface area contributed by atoms with Crippen molar-refractivity contribution < 1.29 is 14.7 Å². The fourth-order valence-electron chi connectivity index (χ4n) is 1.66. The van der Waals surface area contributed by atoms with Crippen LogP contribution in [0.4, 0.5) is 5.69 Å². The molecule has 0 heterocycles. The van der Waals surface area contributed by atoms with Crippen molar-refractivity contribution in [1.29, 1.82) is 5.26 Å². The largest absolute Gasteiger partial charge is 0.478 e. The van der Waals surface area contributed by atoms with E-state index in [0.29, 0.717) is 18.8 Å². The first-order valence-electron chi connectivity index (χ1n) is 6.52. The molecule has 0 aliphatic heterocycles. The molecule has 2 N–H and O–H groups in total. The number of anilines is 1. The Morgan fingerprint density at radius 3 is 2.57 bits per heavy atom. The summed E-state index contributed by atoms with van der Waals surface area (Å²) in [6, 6.07) is 7.71. The van der Waals surface area contributed by atoms with E-state index < -0.39 is 11.9 Å². The predicted molar refractivity (Wildman–Crippen MR) is 78.6 cm³/mol. The Balaban J connectivity index is 2.91. The van der Waals surface area contributed by atoms with Crippen LogP contribution in [0.25, 0.3) is 0 Å². The number of aromatic carboxylic acids is 1. The zero-order valence-electron chi connectivity index (χ0n) is 12.0. The van der Waals surface area contributed by atoms with Crippen LogP contribution in [0.1, 0.15) is 24.2 Å². The molecule has 0 radical (unpaired) electrons. The Morgan fingerprint density at radius 1 is 1.38 bits per heavy atom. The topological polar surface area (TPSA) is 93.4 Å². The molecule has 1 aromatic rings. The van der Waals surface area contributed by atoms with Gasteiger partial charge in [0.2, 0.25) is 0 Å². The number of carbonyl (C=O) groups excluding carboxylic acids is 1. The number of rotatable bonds is 6. The van der Waals surface area contributed by atoms with Crippen LogP contribution in [0, 0.1) is 11.3 Å². The number of nitrogens with one attached hydrogen (secondary N) is 1. The molecule has 110 valence electrons. The Morgan fingerprint density at radius 2 is 2.05 bits per heavy atom. The Kier molecular flexibility index (Phi) is 5.96. The number of benzene rings is 1. The maximum Gasteiger partial charge on any atom is 0.335 e. The first-order chi connectivity index (χ1) is 10.0. The molecule has 0 spiro atoms. The Hall–Kier alpha value is -2.81. The van der Waals surface area contributed by atoms with E-state index in [2.05, 4.69) is 5.32 Å². The third-order valence-corrected chi connectivity index (χ3v) is 2.86. The van der Waals surface area contributed by atoms with Gasteiger partial charge in [0.1, 0.15) is 11.6 Å². The van der Waals surface area contributed by atoms with Crippen LogP contribution in [-0.2, 0) is 4.79 Å². The molecule has 1 amide bonds. The summed E-state index contributed by atoms with van der Waals surface area (Å²) in [4.78, 5) is 24.7. The number of hydrogen-bond donors (Lipinski definition) is 2. The normalized spacial score (nSPS) is 10.6. The number of amides is 1. The maximum atomic E-state index is 12.0. The molecule has 1 aromatic carbocycles. The minimum absolute atomic E-state index is 0.0283. The first kappa shape index (κ1) is 16.2. The van der Waals surface area contributed by atoms with Gasteiger partial charge in [-0.3, -0.25) is 4.79 Å². The van der Waals surface area contributed by atoms with Crippen LogP contribution >= 0.6 is 0 Å².